The molecule has 3 aliphatic rings. The topological polar surface area (TPSA) is 33.3 Å². The molecule has 0 bridgehead atoms. The van der Waals surface area contributed by atoms with Gasteiger partial charge in [-0.05, 0) is 106 Å². The van der Waals surface area contributed by atoms with Gasteiger partial charge in [-0.15, -0.1) is 5.73 Å². The maximum Gasteiger partial charge on any atom is 0.145 e. The zero-order chi connectivity index (χ0) is 29.8. The number of benzene rings is 4. The smallest absolute Gasteiger partial charge is 0.145 e. The highest BCUT2D eigenvalue weighted by molar-refractivity contribution is 6.31. The number of aromatic nitrogens is 2. The lowest BCUT2D eigenvalue weighted by molar-refractivity contribution is 0.595. The third kappa shape index (κ3) is 2.89. The van der Waals surface area contributed by atoms with Crippen LogP contribution in [0, 0.1) is 12.8 Å². The van der Waals surface area contributed by atoms with Gasteiger partial charge < -0.3 is 4.42 Å². The van der Waals surface area contributed by atoms with Gasteiger partial charge in [-0.25, -0.2) is 0 Å². The predicted octanol–water partition coefficient (Wildman–Crippen LogP) is 10.5. The van der Waals surface area contributed by atoms with Gasteiger partial charge in [-0.2, -0.15) is 0 Å². The summed E-state index contributed by atoms with van der Waals surface area (Å²) in [5, 5.41) is 13.5. The number of H-pyrrole nitrogens is 1. The van der Waals surface area contributed by atoms with Crippen molar-refractivity contribution in [2.75, 3.05) is 0 Å². The first kappa shape index (κ1) is 24.7. The second-order valence-electron chi connectivity index (χ2n) is 14.7. The molecule has 0 radical (unpaired) electrons. The summed E-state index contributed by atoms with van der Waals surface area (Å²) in [4.78, 5) is 0. The first-order valence-electron chi connectivity index (χ1n) is 16.0. The van der Waals surface area contributed by atoms with Crippen molar-refractivity contribution in [3.63, 3.8) is 0 Å². The van der Waals surface area contributed by atoms with E-state index >= 15 is 0 Å². The van der Waals surface area contributed by atoms with Crippen molar-refractivity contribution in [2.45, 2.75) is 58.8 Å². The SMILES string of the molecule is C=c1c2c([nH]n3c4cc(C)c5c(c4c4c6oc7cccc8c(C(C)(C)C)ccc(c6cc1c43)c78)C=C=C5)C=C1CC(C)CC12. The summed E-state index contributed by atoms with van der Waals surface area (Å²) in [6.45, 7) is 16.3. The minimum absolute atomic E-state index is 0.0187. The molecule has 44 heavy (non-hydrogen) atoms. The minimum Gasteiger partial charge on any atom is -0.455 e. The Hall–Kier alpha value is -4.72. The lowest BCUT2D eigenvalue weighted by atomic mass is 9.82. The number of aromatic amines is 1. The summed E-state index contributed by atoms with van der Waals surface area (Å²) >= 11 is 0. The zero-order valence-corrected chi connectivity index (χ0v) is 25.9. The van der Waals surface area contributed by atoms with Crippen molar-refractivity contribution in [3.05, 3.63) is 92.5 Å². The van der Waals surface area contributed by atoms with Gasteiger partial charge in [0.15, 0.2) is 0 Å². The molecule has 3 aromatic heterocycles. The van der Waals surface area contributed by atoms with Crippen LogP contribution < -0.4 is 5.22 Å². The van der Waals surface area contributed by atoms with Crippen molar-refractivity contribution >= 4 is 84.7 Å². The number of fused-ring (bicyclic) bond motifs is 11. The van der Waals surface area contributed by atoms with E-state index in [4.69, 9.17) is 11.0 Å². The molecular weight excluding hydrogens is 536 g/mol. The Labute approximate surface area is 255 Å². The van der Waals surface area contributed by atoms with E-state index in [1.807, 2.05) is 0 Å². The molecule has 1 fully saturated rings. The average Bonchev–Trinajstić information content (AvgIpc) is 3.73. The molecule has 7 aromatic rings. The summed E-state index contributed by atoms with van der Waals surface area (Å²) in [5.41, 5.74) is 16.8. The second kappa shape index (κ2) is 7.86. The van der Waals surface area contributed by atoms with E-state index in [1.165, 1.54) is 72.4 Å². The van der Waals surface area contributed by atoms with Gasteiger partial charge >= 0.3 is 0 Å². The maximum atomic E-state index is 7.08. The molecule has 2 unspecified atom stereocenters. The van der Waals surface area contributed by atoms with Crippen molar-refractivity contribution in [2.24, 2.45) is 5.92 Å². The van der Waals surface area contributed by atoms with Crippen molar-refractivity contribution in [3.8, 4) is 0 Å². The van der Waals surface area contributed by atoms with E-state index in [0.717, 1.165) is 39.1 Å². The molecule has 1 N–H and O–H groups in total. The normalized spacial score (nSPS) is 19.0. The largest absolute Gasteiger partial charge is 0.455 e. The van der Waals surface area contributed by atoms with Gasteiger partial charge in [0, 0.05) is 33.0 Å². The van der Waals surface area contributed by atoms with Crippen LogP contribution in [0.4, 0.5) is 0 Å². The second-order valence-corrected chi connectivity index (χ2v) is 14.7. The third-order valence-corrected chi connectivity index (χ3v) is 10.8. The summed E-state index contributed by atoms with van der Waals surface area (Å²) < 4.78 is 9.41. The fraction of sp³-hybridized carbons (Fsp3) is 0.244. The van der Waals surface area contributed by atoms with Gasteiger partial charge in [0.25, 0.3) is 0 Å². The monoisotopic (exact) mass is 570 g/mol. The molecule has 0 saturated heterocycles. The molecule has 0 amide bonds. The molecule has 3 heterocycles. The van der Waals surface area contributed by atoms with E-state index < -0.39 is 0 Å². The summed E-state index contributed by atoms with van der Waals surface area (Å²) in [6, 6.07) is 15.9. The van der Waals surface area contributed by atoms with Gasteiger partial charge in [0.1, 0.15) is 11.2 Å². The highest BCUT2D eigenvalue weighted by Crippen LogP contribution is 2.49. The molecule has 3 nitrogen and oxygen atoms in total. The van der Waals surface area contributed by atoms with E-state index in [1.54, 1.807) is 5.57 Å². The van der Waals surface area contributed by atoms with Crippen LogP contribution in [0.2, 0.25) is 0 Å². The standard InChI is InChI=1S/C41H34N2O/c1-20-15-23-18-32-35(29(23)16-20)22(3)28-19-30-26-13-14-31(41(4,5)6)27-11-8-12-34(36(26)27)44-40(30)38-37-25-10-7-9-24(25)21(2)17-33(37)43(42-32)39(28)38/h8-14,17-20,29,42H,3,15-16H2,1-2,4-6H3. The molecule has 3 heteroatoms. The molecule has 3 aliphatic carbocycles. The van der Waals surface area contributed by atoms with Crippen LogP contribution in [0.5, 0.6) is 0 Å². The molecule has 1 saturated carbocycles. The molecule has 10 rings (SSSR count). The van der Waals surface area contributed by atoms with Crippen LogP contribution in [0.3, 0.4) is 0 Å². The Morgan fingerprint density at radius 2 is 1.80 bits per heavy atom. The fourth-order valence-corrected chi connectivity index (χ4v) is 8.99. The van der Waals surface area contributed by atoms with Crippen LogP contribution in [0.15, 0.2) is 58.2 Å². The Morgan fingerprint density at radius 1 is 0.955 bits per heavy atom. The van der Waals surface area contributed by atoms with Gasteiger partial charge in [0.2, 0.25) is 0 Å². The zero-order valence-electron chi connectivity index (χ0n) is 25.9. The lowest BCUT2D eigenvalue weighted by Gasteiger charge is -2.22. The molecule has 2 atom stereocenters. The Balaban J connectivity index is 1.50. The molecule has 214 valence electrons. The summed E-state index contributed by atoms with van der Waals surface area (Å²) in [5.74, 6) is 1.14. The van der Waals surface area contributed by atoms with Crippen LogP contribution in [0.25, 0.3) is 84.7 Å². The number of hydrogen-bond donors (Lipinski definition) is 1. The molecule has 0 aliphatic heterocycles. The number of hydrogen-bond acceptors (Lipinski definition) is 1. The average molecular weight is 571 g/mol. The van der Waals surface area contributed by atoms with E-state index in [2.05, 4.69) is 111 Å². The highest BCUT2D eigenvalue weighted by atomic mass is 16.3. The molecular formula is C41H34N2O. The first-order chi connectivity index (χ1) is 21.2. The first-order valence-corrected chi connectivity index (χ1v) is 16.0. The number of nitrogens with one attached hydrogen (secondary N) is 1. The Morgan fingerprint density at radius 3 is 2.64 bits per heavy atom. The molecule has 4 aromatic carbocycles. The van der Waals surface area contributed by atoms with Crippen molar-refractivity contribution in [1.29, 1.82) is 0 Å². The van der Waals surface area contributed by atoms with E-state index in [0.29, 0.717) is 11.8 Å². The van der Waals surface area contributed by atoms with Crippen LogP contribution in [-0.4, -0.2) is 9.61 Å². The summed E-state index contributed by atoms with van der Waals surface area (Å²) in [6.07, 6.45) is 9.04. The quantitative estimate of drug-likeness (QED) is 0.110. The van der Waals surface area contributed by atoms with Gasteiger partial charge in [0.05, 0.1) is 22.1 Å². The molecule has 0 spiro atoms. The van der Waals surface area contributed by atoms with E-state index in [9.17, 15) is 0 Å². The minimum atomic E-state index is 0.0187. The fourth-order valence-electron chi connectivity index (χ4n) is 8.99. The third-order valence-electron chi connectivity index (χ3n) is 10.8. The number of rotatable bonds is 0. The Kier molecular flexibility index (Phi) is 4.41. The summed E-state index contributed by atoms with van der Waals surface area (Å²) in [7, 11) is 0. The number of nitrogens with zero attached hydrogens (tertiary/aromatic N) is 1. The lowest BCUT2D eigenvalue weighted by Crippen LogP contribution is -2.11. The van der Waals surface area contributed by atoms with Gasteiger partial charge in [-0.1, -0.05) is 64.1 Å². The van der Waals surface area contributed by atoms with Crippen molar-refractivity contribution < 1.29 is 4.42 Å². The predicted molar refractivity (Wildman–Crippen MR) is 186 cm³/mol. The maximum absolute atomic E-state index is 7.08. The van der Waals surface area contributed by atoms with Gasteiger partial charge in [-0.3, -0.25) is 9.61 Å². The highest BCUT2D eigenvalue weighted by Gasteiger charge is 2.35. The van der Waals surface area contributed by atoms with Crippen LogP contribution in [0.1, 0.15) is 80.0 Å². The van der Waals surface area contributed by atoms with Crippen LogP contribution >= 0.6 is 0 Å². The van der Waals surface area contributed by atoms with Crippen molar-refractivity contribution in [1.82, 2.24) is 9.61 Å². The van der Waals surface area contributed by atoms with Crippen LogP contribution in [-0.2, 0) is 5.41 Å². The van der Waals surface area contributed by atoms with E-state index in [-0.39, 0.29) is 5.41 Å². The number of allylic oxidation sites excluding steroid dienone is 1. The Bertz CT molecular complexity index is 2670. The number of aryl methyl sites for hydroxylation is 1.